The van der Waals surface area contributed by atoms with Gasteiger partial charge < -0.3 is 10.8 Å². The molecule has 0 aromatic carbocycles. The normalized spacial score (nSPS) is 24.7. The fourth-order valence-electron chi connectivity index (χ4n) is 2.06. The lowest BCUT2D eigenvalue weighted by molar-refractivity contribution is -0.139. The van der Waals surface area contributed by atoms with E-state index < -0.39 is 16.8 Å². The van der Waals surface area contributed by atoms with Crippen molar-refractivity contribution >= 4 is 18.6 Å². The molecule has 0 heterocycles. The first-order valence-electron chi connectivity index (χ1n) is 5.27. The number of hydrogen-bond donors (Lipinski definition) is 3. The summed E-state index contributed by atoms with van der Waals surface area (Å²) >= 11 is 4.50. The third-order valence-corrected chi connectivity index (χ3v) is 3.79. The highest BCUT2D eigenvalue weighted by atomic mass is 32.1. The topological polar surface area (TPSA) is 63.3 Å². The second-order valence-electron chi connectivity index (χ2n) is 4.19. The SMILES string of the molecule is NC(C(=O)O)C1(S)CCCCCCC1. The molecule has 3 N–H and O–H groups in total. The molecule has 0 aromatic rings. The predicted molar refractivity (Wildman–Crippen MR) is 59.6 cm³/mol. The Hall–Kier alpha value is -0.220. The fraction of sp³-hybridized carbons (Fsp3) is 0.900. The molecule has 3 nitrogen and oxygen atoms in total. The van der Waals surface area contributed by atoms with Crippen LogP contribution in [0.15, 0.2) is 0 Å². The molecule has 1 fully saturated rings. The molecule has 1 aliphatic carbocycles. The lowest BCUT2D eigenvalue weighted by Crippen LogP contribution is -2.49. The molecule has 4 heteroatoms. The van der Waals surface area contributed by atoms with E-state index >= 15 is 0 Å². The maximum absolute atomic E-state index is 10.8. The molecule has 0 spiro atoms. The van der Waals surface area contributed by atoms with Crippen LogP contribution in [0.1, 0.15) is 44.9 Å². The van der Waals surface area contributed by atoms with E-state index in [0.29, 0.717) is 0 Å². The molecule has 14 heavy (non-hydrogen) atoms. The summed E-state index contributed by atoms with van der Waals surface area (Å²) in [5.74, 6) is -0.930. The first kappa shape index (κ1) is 11.9. The highest BCUT2D eigenvalue weighted by Gasteiger charge is 2.37. The summed E-state index contributed by atoms with van der Waals surface area (Å²) < 4.78 is -0.494. The van der Waals surface area contributed by atoms with Crippen LogP contribution in [-0.4, -0.2) is 21.9 Å². The second-order valence-corrected chi connectivity index (χ2v) is 5.08. The van der Waals surface area contributed by atoms with Crippen LogP contribution < -0.4 is 5.73 Å². The van der Waals surface area contributed by atoms with E-state index in [1.807, 2.05) is 0 Å². The zero-order chi connectivity index (χ0) is 10.6. The molecule has 1 aliphatic rings. The molecular weight excluding hydrogens is 198 g/mol. The Bertz CT molecular complexity index is 200. The molecule has 82 valence electrons. The number of carbonyl (C=O) groups is 1. The summed E-state index contributed by atoms with van der Waals surface area (Å²) in [6.45, 7) is 0. The lowest BCUT2D eigenvalue weighted by atomic mass is 9.85. The number of rotatable bonds is 2. The van der Waals surface area contributed by atoms with E-state index in [-0.39, 0.29) is 0 Å². The molecular formula is C10H19NO2S. The molecule has 0 amide bonds. The Balaban J connectivity index is 2.62. The summed E-state index contributed by atoms with van der Waals surface area (Å²) in [6, 6.07) is -0.830. The lowest BCUT2D eigenvalue weighted by Gasteiger charge is -2.33. The van der Waals surface area contributed by atoms with Crippen molar-refractivity contribution in [3.05, 3.63) is 0 Å². The number of hydrogen-bond acceptors (Lipinski definition) is 3. The van der Waals surface area contributed by atoms with Crippen molar-refractivity contribution in [1.29, 1.82) is 0 Å². The van der Waals surface area contributed by atoms with E-state index in [9.17, 15) is 4.79 Å². The molecule has 1 unspecified atom stereocenters. The van der Waals surface area contributed by atoms with E-state index in [4.69, 9.17) is 10.8 Å². The van der Waals surface area contributed by atoms with Gasteiger partial charge in [0, 0.05) is 4.75 Å². The van der Waals surface area contributed by atoms with Gasteiger partial charge in [0.25, 0.3) is 0 Å². The molecule has 0 bridgehead atoms. The summed E-state index contributed by atoms with van der Waals surface area (Å²) in [5, 5.41) is 8.89. The number of carboxylic acids is 1. The van der Waals surface area contributed by atoms with Crippen LogP contribution in [0.5, 0.6) is 0 Å². The van der Waals surface area contributed by atoms with Crippen LogP contribution in [0.2, 0.25) is 0 Å². The van der Waals surface area contributed by atoms with E-state index in [1.54, 1.807) is 0 Å². The van der Waals surface area contributed by atoms with Crippen LogP contribution >= 0.6 is 12.6 Å². The number of thiol groups is 1. The average molecular weight is 217 g/mol. The van der Waals surface area contributed by atoms with Crippen molar-refractivity contribution in [2.75, 3.05) is 0 Å². The van der Waals surface area contributed by atoms with Crippen LogP contribution in [0.3, 0.4) is 0 Å². The Morgan fingerprint density at radius 2 is 1.64 bits per heavy atom. The van der Waals surface area contributed by atoms with Crippen molar-refractivity contribution in [3.63, 3.8) is 0 Å². The Morgan fingerprint density at radius 1 is 1.21 bits per heavy atom. The quantitative estimate of drug-likeness (QED) is 0.618. The van der Waals surface area contributed by atoms with Crippen molar-refractivity contribution < 1.29 is 9.90 Å². The first-order valence-corrected chi connectivity index (χ1v) is 5.72. The third-order valence-electron chi connectivity index (χ3n) is 3.06. The molecule has 1 atom stereocenters. The minimum absolute atomic E-state index is 0.494. The number of aliphatic carboxylic acids is 1. The van der Waals surface area contributed by atoms with Gasteiger partial charge in [0.1, 0.15) is 6.04 Å². The van der Waals surface area contributed by atoms with Gasteiger partial charge in [0.2, 0.25) is 0 Å². The van der Waals surface area contributed by atoms with Crippen molar-refractivity contribution in [3.8, 4) is 0 Å². The van der Waals surface area contributed by atoms with Crippen LogP contribution in [0.4, 0.5) is 0 Å². The Morgan fingerprint density at radius 3 is 2.07 bits per heavy atom. The van der Waals surface area contributed by atoms with Crippen LogP contribution in [0.25, 0.3) is 0 Å². The maximum Gasteiger partial charge on any atom is 0.321 e. The minimum atomic E-state index is -0.930. The number of carboxylic acid groups (broad SMARTS) is 1. The highest BCUT2D eigenvalue weighted by Crippen LogP contribution is 2.34. The molecule has 1 saturated carbocycles. The van der Waals surface area contributed by atoms with Crippen LogP contribution in [-0.2, 0) is 4.79 Å². The summed E-state index contributed by atoms with van der Waals surface area (Å²) in [6.07, 6.45) is 7.34. The Labute approximate surface area is 90.5 Å². The van der Waals surface area contributed by atoms with Crippen molar-refractivity contribution in [2.45, 2.75) is 55.7 Å². The van der Waals surface area contributed by atoms with Crippen LogP contribution in [0, 0.1) is 0 Å². The van der Waals surface area contributed by atoms with Gasteiger partial charge in [0.05, 0.1) is 0 Å². The Kier molecular flexibility index (Phi) is 4.26. The van der Waals surface area contributed by atoms with Gasteiger partial charge in [-0.15, -0.1) is 0 Å². The fourth-order valence-corrected chi connectivity index (χ4v) is 2.49. The largest absolute Gasteiger partial charge is 0.480 e. The summed E-state index contributed by atoms with van der Waals surface area (Å²) in [7, 11) is 0. The van der Waals surface area contributed by atoms with Gasteiger partial charge in [-0.25, -0.2) is 0 Å². The van der Waals surface area contributed by atoms with Gasteiger partial charge in [-0.2, -0.15) is 12.6 Å². The molecule has 0 aromatic heterocycles. The minimum Gasteiger partial charge on any atom is -0.480 e. The smallest absolute Gasteiger partial charge is 0.321 e. The zero-order valence-electron chi connectivity index (χ0n) is 8.41. The molecule has 1 rings (SSSR count). The van der Waals surface area contributed by atoms with Gasteiger partial charge in [0.15, 0.2) is 0 Å². The van der Waals surface area contributed by atoms with Crippen molar-refractivity contribution in [1.82, 2.24) is 0 Å². The van der Waals surface area contributed by atoms with Gasteiger partial charge in [-0.1, -0.05) is 32.1 Å². The van der Waals surface area contributed by atoms with Gasteiger partial charge >= 0.3 is 5.97 Å². The van der Waals surface area contributed by atoms with Gasteiger partial charge in [-0.3, -0.25) is 4.79 Å². The summed E-state index contributed by atoms with van der Waals surface area (Å²) in [4.78, 5) is 10.8. The van der Waals surface area contributed by atoms with Gasteiger partial charge in [-0.05, 0) is 12.8 Å². The zero-order valence-corrected chi connectivity index (χ0v) is 9.30. The average Bonchev–Trinajstić information content (AvgIpc) is 2.10. The standard InChI is InChI=1S/C10H19NO2S/c11-8(9(12)13)10(14)6-4-2-1-3-5-7-10/h8,14H,1-7,11H2,(H,12,13). The molecule has 0 radical (unpaired) electrons. The first-order chi connectivity index (χ1) is 6.56. The molecule has 0 aliphatic heterocycles. The summed E-state index contributed by atoms with van der Waals surface area (Å²) in [5.41, 5.74) is 5.67. The van der Waals surface area contributed by atoms with Crippen molar-refractivity contribution in [2.24, 2.45) is 5.73 Å². The number of nitrogens with two attached hydrogens (primary N) is 1. The maximum atomic E-state index is 10.8. The van der Waals surface area contributed by atoms with E-state index in [1.165, 1.54) is 19.3 Å². The monoisotopic (exact) mass is 217 g/mol. The van der Waals surface area contributed by atoms with E-state index in [0.717, 1.165) is 25.7 Å². The van der Waals surface area contributed by atoms with E-state index in [2.05, 4.69) is 12.6 Å². The molecule has 0 saturated heterocycles. The predicted octanol–water partition coefficient (Wildman–Crippen LogP) is 1.81. The third kappa shape index (κ3) is 2.89. The highest BCUT2D eigenvalue weighted by molar-refractivity contribution is 7.82. The second kappa shape index (κ2) is 5.03.